The minimum atomic E-state index is -0.794. The van der Waals surface area contributed by atoms with Gasteiger partial charge in [0.2, 0.25) is 11.9 Å². The number of aryl methyl sites for hydroxylation is 2. The lowest BCUT2D eigenvalue weighted by Crippen LogP contribution is -2.42. The van der Waals surface area contributed by atoms with Crippen LogP contribution in [0.3, 0.4) is 0 Å². The average molecular weight is 520 g/mol. The second-order valence-corrected chi connectivity index (χ2v) is 10.8. The number of likely N-dealkylation sites (tertiary alicyclic amines) is 2. The summed E-state index contributed by atoms with van der Waals surface area (Å²) in [5, 5.41) is 3.23. The van der Waals surface area contributed by atoms with E-state index in [4.69, 9.17) is 5.73 Å². The third-order valence-corrected chi connectivity index (χ3v) is 8.11. The number of hydrogen-bond acceptors (Lipinski definition) is 7. The Morgan fingerprint density at radius 2 is 1.79 bits per heavy atom. The standard InChI is InChI=1S/C28H37N7O3/c1-18-24(25(26(29)37)32-28(31-18)35(19(2)36)23-10-11-30-13-23)27(38)34-16-21-14-33(15-22(21)17-34)12-6-9-20-7-4-3-5-8-20/h3-5,7-8,21-23,30H,6,9-17H2,1-2H3,(H2,29,37)/t21?,22?,23-/m0/s1. The molecule has 3 fully saturated rings. The average Bonchev–Trinajstić information content (AvgIpc) is 3.61. The van der Waals surface area contributed by atoms with E-state index in [1.54, 1.807) is 6.92 Å². The number of nitrogens with one attached hydrogen (secondary N) is 1. The van der Waals surface area contributed by atoms with Crippen molar-refractivity contribution in [2.45, 2.75) is 39.2 Å². The third kappa shape index (κ3) is 5.42. The van der Waals surface area contributed by atoms with Crippen molar-refractivity contribution in [3.05, 3.63) is 52.8 Å². The molecule has 3 atom stereocenters. The number of nitrogens with two attached hydrogens (primary N) is 1. The Morgan fingerprint density at radius 1 is 1.08 bits per heavy atom. The Balaban J connectivity index is 1.25. The molecule has 2 unspecified atom stereocenters. The van der Waals surface area contributed by atoms with Crippen LogP contribution in [0.15, 0.2) is 30.3 Å². The molecule has 38 heavy (non-hydrogen) atoms. The number of aromatic nitrogens is 2. The van der Waals surface area contributed by atoms with Gasteiger partial charge in [-0.2, -0.15) is 0 Å². The van der Waals surface area contributed by atoms with Crippen LogP contribution in [0.25, 0.3) is 0 Å². The number of benzene rings is 1. The lowest BCUT2D eigenvalue weighted by molar-refractivity contribution is -0.117. The van der Waals surface area contributed by atoms with Crippen LogP contribution < -0.4 is 16.0 Å². The fraction of sp³-hybridized carbons (Fsp3) is 0.536. The highest BCUT2D eigenvalue weighted by Crippen LogP contribution is 2.33. The molecule has 3 aliphatic heterocycles. The lowest BCUT2D eigenvalue weighted by Gasteiger charge is -2.27. The van der Waals surface area contributed by atoms with E-state index in [0.717, 1.165) is 45.4 Å². The van der Waals surface area contributed by atoms with Crippen LogP contribution in [0.4, 0.5) is 5.95 Å². The zero-order valence-corrected chi connectivity index (χ0v) is 22.2. The highest BCUT2D eigenvalue weighted by molar-refractivity contribution is 6.06. The van der Waals surface area contributed by atoms with E-state index >= 15 is 0 Å². The first-order valence-electron chi connectivity index (χ1n) is 13.6. The molecule has 0 spiro atoms. The van der Waals surface area contributed by atoms with Gasteiger partial charge in [0.15, 0.2) is 0 Å². The smallest absolute Gasteiger partial charge is 0.268 e. The number of nitrogens with zero attached hydrogens (tertiary/aromatic N) is 5. The SMILES string of the molecule is CC(=O)N(c1nc(C)c(C(=O)N2CC3CN(CCCc4ccccc4)CC3C2)c(C(N)=O)n1)[C@H]1CCNC1. The van der Waals surface area contributed by atoms with Crippen LogP contribution in [-0.2, 0) is 11.2 Å². The van der Waals surface area contributed by atoms with Crippen LogP contribution in [0.2, 0.25) is 0 Å². The molecule has 1 aromatic carbocycles. The fourth-order valence-corrected chi connectivity index (χ4v) is 6.27. The van der Waals surface area contributed by atoms with Crippen molar-refractivity contribution in [2.75, 3.05) is 50.7 Å². The predicted molar refractivity (Wildman–Crippen MR) is 144 cm³/mol. The summed E-state index contributed by atoms with van der Waals surface area (Å²) in [5.74, 6) is -0.318. The summed E-state index contributed by atoms with van der Waals surface area (Å²) in [6, 6.07) is 10.4. The van der Waals surface area contributed by atoms with Gasteiger partial charge in [-0.05, 0) is 56.7 Å². The Bertz CT molecular complexity index is 1180. The molecular weight excluding hydrogens is 482 g/mol. The molecule has 3 amide bonds. The van der Waals surface area contributed by atoms with Gasteiger partial charge in [-0.1, -0.05) is 30.3 Å². The number of primary amides is 1. The molecule has 1 aromatic heterocycles. The molecule has 0 radical (unpaired) electrons. The van der Waals surface area contributed by atoms with Gasteiger partial charge in [-0.15, -0.1) is 0 Å². The van der Waals surface area contributed by atoms with Gasteiger partial charge in [-0.3, -0.25) is 19.3 Å². The normalized spacial score (nSPS) is 23.0. The van der Waals surface area contributed by atoms with Crippen LogP contribution >= 0.6 is 0 Å². The quantitative estimate of drug-likeness (QED) is 0.538. The number of fused-ring (bicyclic) bond motifs is 1. The first-order valence-corrected chi connectivity index (χ1v) is 13.6. The molecule has 0 bridgehead atoms. The van der Waals surface area contributed by atoms with E-state index in [0.29, 0.717) is 37.2 Å². The van der Waals surface area contributed by atoms with Crippen LogP contribution in [0.1, 0.15) is 51.9 Å². The van der Waals surface area contributed by atoms with E-state index in [1.165, 1.54) is 17.4 Å². The summed E-state index contributed by atoms with van der Waals surface area (Å²) in [6.45, 7) is 8.83. The minimum absolute atomic E-state index is 0.109. The zero-order valence-electron chi connectivity index (χ0n) is 22.2. The number of anilines is 1. The van der Waals surface area contributed by atoms with Crippen molar-refractivity contribution in [3.63, 3.8) is 0 Å². The van der Waals surface area contributed by atoms with Gasteiger partial charge in [0.25, 0.3) is 11.8 Å². The Kier molecular flexibility index (Phi) is 7.71. The second-order valence-electron chi connectivity index (χ2n) is 10.8. The fourth-order valence-electron chi connectivity index (χ4n) is 6.27. The van der Waals surface area contributed by atoms with Gasteiger partial charge in [0.1, 0.15) is 5.69 Å². The zero-order chi connectivity index (χ0) is 26.8. The maximum Gasteiger partial charge on any atom is 0.268 e. The highest BCUT2D eigenvalue weighted by atomic mass is 16.2. The summed E-state index contributed by atoms with van der Waals surface area (Å²) < 4.78 is 0. The molecule has 3 aliphatic rings. The number of carbonyl (C=O) groups is 3. The number of hydrogen-bond donors (Lipinski definition) is 2. The highest BCUT2D eigenvalue weighted by Gasteiger charge is 2.42. The lowest BCUT2D eigenvalue weighted by atomic mass is 10.0. The van der Waals surface area contributed by atoms with Gasteiger partial charge >= 0.3 is 0 Å². The van der Waals surface area contributed by atoms with Crippen molar-refractivity contribution in [3.8, 4) is 0 Å². The van der Waals surface area contributed by atoms with Crippen molar-refractivity contribution in [2.24, 2.45) is 17.6 Å². The van der Waals surface area contributed by atoms with E-state index in [-0.39, 0.29) is 35.1 Å². The second kappa shape index (κ2) is 11.2. The van der Waals surface area contributed by atoms with Gasteiger partial charge in [0.05, 0.1) is 17.3 Å². The van der Waals surface area contributed by atoms with E-state index in [9.17, 15) is 14.4 Å². The van der Waals surface area contributed by atoms with Gasteiger partial charge in [0, 0.05) is 39.6 Å². The van der Waals surface area contributed by atoms with E-state index < -0.39 is 5.91 Å². The molecule has 5 rings (SSSR count). The molecule has 0 saturated carbocycles. The third-order valence-electron chi connectivity index (χ3n) is 8.11. The maximum absolute atomic E-state index is 13.6. The summed E-state index contributed by atoms with van der Waals surface area (Å²) in [5.41, 5.74) is 7.46. The molecular formula is C28H37N7O3. The Labute approximate surface area is 223 Å². The first-order chi connectivity index (χ1) is 18.3. The first kappa shape index (κ1) is 26.2. The van der Waals surface area contributed by atoms with Gasteiger partial charge < -0.3 is 20.9 Å². The largest absolute Gasteiger partial charge is 0.364 e. The molecule has 10 heteroatoms. The van der Waals surface area contributed by atoms with Crippen molar-refractivity contribution in [1.29, 1.82) is 0 Å². The molecule has 0 aliphatic carbocycles. The predicted octanol–water partition coefficient (Wildman–Crippen LogP) is 1.24. The van der Waals surface area contributed by atoms with Crippen LogP contribution in [0, 0.1) is 18.8 Å². The van der Waals surface area contributed by atoms with E-state index in [1.807, 2.05) is 11.0 Å². The number of rotatable bonds is 8. The minimum Gasteiger partial charge on any atom is -0.364 e. The molecule has 10 nitrogen and oxygen atoms in total. The topological polar surface area (TPSA) is 125 Å². The Morgan fingerprint density at radius 3 is 2.39 bits per heavy atom. The summed E-state index contributed by atoms with van der Waals surface area (Å²) in [6.07, 6.45) is 2.94. The molecule has 3 N–H and O–H groups in total. The van der Waals surface area contributed by atoms with Crippen molar-refractivity contribution in [1.82, 2.24) is 25.1 Å². The van der Waals surface area contributed by atoms with Crippen molar-refractivity contribution >= 4 is 23.7 Å². The summed E-state index contributed by atoms with van der Waals surface area (Å²) >= 11 is 0. The molecule has 4 heterocycles. The Hall–Kier alpha value is -3.37. The summed E-state index contributed by atoms with van der Waals surface area (Å²) in [7, 11) is 0. The molecule has 2 aromatic rings. The summed E-state index contributed by atoms with van der Waals surface area (Å²) in [4.78, 5) is 53.2. The number of amides is 3. The molecule has 202 valence electrons. The van der Waals surface area contributed by atoms with Crippen LogP contribution in [0.5, 0.6) is 0 Å². The maximum atomic E-state index is 13.6. The van der Waals surface area contributed by atoms with Crippen LogP contribution in [-0.4, -0.2) is 89.3 Å². The van der Waals surface area contributed by atoms with E-state index in [2.05, 4.69) is 44.5 Å². The number of carbonyl (C=O) groups excluding carboxylic acids is 3. The monoisotopic (exact) mass is 519 g/mol. The van der Waals surface area contributed by atoms with Crippen molar-refractivity contribution < 1.29 is 14.4 Å². The van der Waals surface area contributed by atoms with Gasteiger partial charge in [-0.25, -0.2) is 9.97 Å². The molecule has 3 saturated heterocycles.